The maximum Gasteiger partial charge on any atom is 0.262 e. The van der Waals surface area contributed by atoms with Crippen molar-refractivity contribution in [2.45, 2.75) is 38.6 Å². The van der Waals surface area contributed by atoms with E-state index in [-0.39, 0.29) is 24.1 Å². The second kappa shape index (κ2) is 8.79. The van der Waals surface area contributed by atoms with Gasteiger partial charge in [0.25, 0.3) is 5.91 Å². The minimum atomic E-state index is -0.331. The van der Waals surface area contributed by atoms with Crippen LogP contribution >= 0.6 is 0 Å². The Balaban J connectivity index is 2.15. The van der Waals surface area contributed by atoms with Crippen molar-refractivity contribution < 1.29 is 9.53 Å². The van der Waals surface area contributed by atoms with Gasteiger partial charge in [0.15, 0.2) is 0 Å². The van der Waals surface area contributed by atoms with E-state index >= 15 is 0 Å². The Hall–Kier alpha value is -2.72. The second-order valence-electron chi connectivity index (χ2n) is 6.04. The van der Waals surface area contributed by atoms with Crippen LogP contribution in [0.1, 0.15) is 38.2 Å². The van der Waals surface area contributed by atoms with Crippen LogP contribution in [0, 0.1) is 29.6 Å². The molecular formula is C20H22N2O2. The zero-order chi connectivity index (χ0) is 17.4. The number of hydrogen-bond donors (Lipinski definition) is 1. The Morgan fingerprint density at radius 1 is 1.42 bits per heavy atom. The molecule has 2 rings (SSSR count). The van der Waals surface area contributed by atoms with E-state index in [0.717, 1.165) is 19.3 Å². The van der Waals surface area contributed by atoms with E-state index in [4.69, 9.17) is 11.2 Å². The van der Waals surface area contributed by atoms with Gasteiger partial charge in [0.1, 0.15) is 24.0 Å². The number of nitrogens with one attached hydrogen (secondary N) is 1. The summed E-state index contributed by atoms with van der Waals surface area (Å²) in [5, 5.41) is 12.4. The molecule has 124 valence electrons. The maximum atomic E-state index is 12.4. The van der Waals surface area contributed by atoms with Gasteiger partial charge in [-0.2, -0.15) is 5.26 Å². The first-order valence-electron chi connectivity index (χ1n) is 8.23. The van der Waals surface area contributed by atoms with Crippen LogP contribution in [0.4, 0.5) is 0 Å². The van der Waals surface area contributed by atoms with E-state index < -0.39 is 0 Å². The van der Waals surface area contributed by atoms with Gasteiger partial charge in [-0.15, -0.1) is 6.42 Å². The molecule has 1 amide bonds. The zero-order valence-electron chi connectivity index (χ0n) is 13.9. The molecule has 2 atom stereocenters. The highest BCUT2D eigenvalue weighted by Crippen LogP contribution is 2.25. The van der Waals surface area contributed by atoms with Crippen LogP contribution in [0.5, 0.6) is 5.75 Å². The highest BCUT2D eigenvalue weighted by molar-refractivity contribution is 6.02. The topological polar surface area (TPSA) is 62.1 Å². The number of rotatable bonds is 5. The summed E-state index contributed by atoms with van der Waals surface area (Å²) in [6.07, 6.45) is 11.2. The molecule has 1 aromatic rings. The van der Waals surface area contributed by atoms with E-state index in [0.29, 0.717) is 17.2 Å². The first-order valence-corrected chi connectivity index (χ1v) is 8.23. The van der Waals surface area contributed by atoms with Crippen molar-refractivity contribution in [3.05, 3.63) is 35.4 Å². The SMILES string of the molecule is C#CCOc1ccccc1/C=C(\C#N)C(=O)N[C@@H]1CCCC[C@H]1C. The molecule has 0 heterocycles. The smallest absolute Gasteiger partial charge is 0.262 e. The Kier molecular flexibility index (Phi) is 6.46. The van der Waals surface area contributed by atoms with Crippen molar-refractivity contribution >= 4 is 12.0 Å². The summed E-state index contributed by atoms with van der Waals surface area (Å²) in [5.74, 6) is 3.07. The molecule has 0 aromatic heterocycles. The van der Waals surface area contributed by atoms with Crippen LogP contribution in [0.15, 0.2) is 29.8 Å². The van der Waals surface area contributed by atoms with Crippen molar-refractivity contribution in [1.29, 1.82) is 5.26 Å². The van der Waals surface area contributed by atoms with Crippen molar-refractivity contribution in [3.8, 4) is 24.2 Å². The molecule has 0 radical (unpaired) electrons. The average Bonchev–Trinajstić information content (AvgIpc) is 2.60. The summed E-state index contributed by atoms with van der Waals surface area (Å²) in [5.41, 5.74) is 0.737. The van der Waals surface area contributed by atoms with Crippen LogP contribution in [-0.4, -0.2) is 18.6 Å². The lowest BCUT2D eigenvalue weighted by Crippen LogP contribution is -2.41. The number of nitrogens with zero attached hydrogens (tertiary/aromatic N) is 1. The lowest BCUT2D eigenvalue weighted by Gasteiger charge is -2.29. The number of nitriles is 1. The van der Waals surface area contributed by atoms with Gasteiger partial charge in [-0.25, -0.2) is 0 Å². The van der Waals surface area contributed by atoms with Crippen molar-refractivity contribution in [2.24, 2.45) is 5.92 Å². The molecule has 0 spiro atoms. The minimum absolute atomic E-state index is 0.0736. The summed E-state index contributed by atoms with van der Waals surface area (Å²) in [6, 6.07) is 9.32. The molecule has 1 saturated carbocycles. The molecule has 1 N–H and O–H groups in total. The quantitative estimate of drug-likeness (QED) is 0.514. The highest BCUT2D eigenvalue weighted by Gasteiger charge is 2.24. The fourth-order valence-electron chi connectivity index (χ4n) is 2.93. The summed E-state index contributed by atoms with van der Waals surface area (Å²) >= 11 is 0. The molecule has 4 nitrogen and oxygen atoms in total. The summed E-state index contributed by atoms with van der Waals surface area (Å²) in [6.45, 7) is 2.28. The fraction of sp³-hybridized carbons (Fsp3) is 0.400. The van der Waals surface area contributed by atoms with Crippen LogP contribution < -0.4 is 10.1 Å². The maximum absolute atomic E-state index is 12.4. The number of ether oxygens (including phenoxy) is 1. The normalized spacial score (nSPS) is 20.5. The number of carbonyl (C=O) groups is 1. The van der Waals surface area contributed by atoms with Gasteiger partial charge in [-0.3, -0.25) is 4.79 Å². The Morgan fingerprint density at radius 3 is 2.88 bits per heavy atom. The number of amides is 1. The van der Waals surface area contributed by atoms with Crippen LogP contribution in [0.25, 0.3) is 6.08 Å². The zero-order valence-corrected chi connectivity index (χ0v) is 13.9. The average molecular weight is 322 g/mol. The molecule has 1 aliphatic carbocycles. The van der Waals surface area contributed by atoms with Crippen LogP contribution in [0.2, 0.25) is 0 Å². The number of carbonyl (C=O) groups excluding carboxylic acids is 1. The lowest BCUT2D eigenvalue weighted by molar-refractivity contribution is -0.118. The molecule has 1 aliphatic rings. The second-order valence-corrected chi connectivity index (χ2v) is 6.04. The Morgan fingerprint density at radius 2 is 2.17 bits per heavy atom. The Labute approximate surface area is 143 Å². The fourth-order valence-corrected chi connectivity index (χ4v) is 2.93. The van der Waals surface area contributed by atoms with Crippen LogP contribution in [-0.2, 0) is 4.79 Å². The number of para-hydroxylation sites is 1. The Bertz CT molecular complexity index is 694. The third-order valence-electron chi connectivity index (χ3n) is 4.32. The molecule has 1 fully saturated rings. The number of hydrogen-bond acceptors (Lipinski definition) is 3. The predicted molar refractivity (Wildman–Crippen MR) is 93.9 cm³/mol. The largest absolute Gasteiger partial charge is 0.480 e. The van der Waals surface area contributed by atoms with Crippen molar-refractivity contribution in [3.63, 3.8) is 0 Å². The molecule has 1 aromatic carbocycles. The molecule has 0 bridgehead atoms. The molecule has 0 unspecified atom stereocenters. The third kappa shape index (κ3) is 4.64. The van der Waals surface area contributed by atoms with E-state index in [2.05, 4.69) is 18.2 Å². The number of benzene rings is 1. The van der Waals surface area contributed by atoms with Gasteiger partial charge < -0.3 is 10.1 Å². The first-order chi connectivity index (χ1) is 11.7. The third-order valence-corrected chi connectivity index (χ3v) is 4.32. The predicted octanol–water partition coefficient (Wildman–Crippen LogP) is 3.30. The van der Waals surface area contributed by atoms with E-state index in [1.807, 2.05) is 18.2 Å². The summed E-state index contributed by atoms with van der Waals surface area (Å²) < 4.78 is 5.46. The van der Waals surface area contributed by atoms with Gasteiger partial charge in [0, 0.05) is 11.6 Å². The molecule has 24 heavy (non-hydrogen) atoms. The number of terminal acetylenes is 1. The lowest BCUT2D eigenvalue weighted by atomic mass is 9.86. The van der Waals surface area contributed by atoms with E-state index in [9.17, 15) is 10.1 Å². The van der Waals surface area contributed by atoms with Crippen molar-refractivity contribution in [2.75, 3.05) is 6.61 Å². The van der Waals surface area contributed by atoms with E-state index in [1.54, 1.807) is 18.2 Å². The van der Waals surface area contributed by atoms with Gasteiger partial charge in [0.2, 0.25) is 0 Å². The van der Waals surface area contributed by atoms with Gasteiger partial charge >= 0.3 is 0 Å². The summed E-state index contributed by atoms with van der Waals surface area (Å²) in [7, 11) is 0. The van der Waals surface area contributed by atoms with Gasteiger partial charge in [-0.05, 0) is 30.9 Å². The van der Waals surface area contributed by atoms with Crippen molar-refractivity contribution in [1.82, 2.24) is 5.32 Å². The van der Waals surface area contributed by atoms with Gasteiger partial charge in [0.05, 0.1) is 0 Å². The highest BCUT2D eigenvalue weighted by atomic mass is 16.5. The standard InChI is InChI=1S/C20H22N2O2/c1-3-12-24-19-11-7-5-9-16(19)13-17(14-21)20(23)22-18-10-6-4-8-15(18)2/h1,5,7,9,11,13,15,18H,4,6,8,10,12H2,2H3,(H,22,23)/b17-13+/t15-,18-/m1/s1. The monoisotopic (exact) mass is 322 g/mol. The molecule has 0 saturated heterocycles. The van der Waals surface area contributed by atoms with E-state index in [1.165, 1.54) is 6.42 Å². The molecule has 0 aliphatic heterocycles. The molecule has 4 heteroatoms. The van der Waals surface area contributed by atoms with Gasteiger partial charge in [-0.1, -0.05) is 43.9 Å². The molecular weight excluding hydrogens is 300 g/mol. The first kappa shape index (κ1) is 17.6. The summed E-state index contributed by atoms with van der Waals surface area (Å²) in [4.78, 5) is 12.4. The van der Waals surface area contributed by atoms with Crippen LogP contribution in [0.3, 0.4) is 0 Å². The minimum Gasteiger partial charge on any atom is -0.480 e.